The molecule has 1 aromatic rings. The van der Waals surface area contributed by atoms with Gasteiger partial charge in [-0.1, -0.05) is 33.8 Å². The van der Waals surface area contributed by atoms with E-state index in [1.807, 2.05) is 0 Å². The largest absolute Gasteiger partial charge is 0.504 e. The van der Waals surface area contributed by atoms with E-state index in [1.165, 1.54) is 12.1 Å². The summed E-state index contributed by atoms with van der Waals surface area (Å²) in [5, 5.41) is 25.1. The van der Waals surface area contributed by atoms with Crippen LogP contribution in [0.25, 0.3) is 0 Å². The second kappa shape index (κ2) is 12.0. The van der Waals surface area contributed by atoms with Gasteiger partial charge in [-0.05, 0) is 104 Å². The first kappa shape index (κ1) is 32.9. The quantitative estimate of drug-likeness (QED) is 0.244. The zero-order chi connectivity index (χ0) is 33.3. The van der Waals surface area contributed by atoms with E-state index in [0.29, 0.717) is 54.8 Å². The third-order valence-electron chi connectivity index (χ3n) is 14.3. The average molecular weight is 651 g/mol. The van der Waals surface area contributed by atoms with E-state index in [2.05, 4.69) is 38.3 Å². The lowest BCUT2D eigenvalue weighted by molar-refractivity contribution is -0.272. The highest BCUT2D eigenvalue weighted by Crippen LogP contribution is 2.70. The number of phenols is 2. The molecule has 1 spiro atoms. The summed E-state index contributed by atoms with van der Waals surface area (Å²) in [6.07, 6.45) is 9.05. The molecule has 4 saturated carbocycles. The molecule has 47 heavy (non-hydrogen) atoms. The summed E-state index contributed by atoms with van der Waals surface area (Å²) in [5.74, 6) is 1.69. The molecule has 6 aliphatic rings. The molecule has 4 aliphatic carbocycles. The maximum Gasteiger partial charge on any atom is 0.229 e. The minimum absolute atomic E-state index is 0.0453. The monoisotopic (exact) mass is 650 g/mol. The van der Waals surface area contributed by atoms with Crippen molar-refractivity contribution in [3.05, 3.63) is 23.8 Å². The van der Waals surface area contributed by atoms with Crippen molar-refractivity contribution in [3.8, 4) is 11.5 Å². The molecule has 2 heterocycles. The summed E-state index contributed by atoms with van der Waals surface area (Å²) in [6, 6.07) is 4.62. The molecular formula is C38H54N2O7. The Balaban J connectivity index is 0.936. The smallest absolute Gasteiger partial charge is 0.229 e. The van der Waals surface area contributed by atoms with Crippen LogP contribution in [0.4, 0.5) is 0 Å². The highest BCUT2D eigenvalue weighted by molar-refractivity contribution is 5.97. The number of aromatic hydroxyl groups is 2. The van der Waals surface area contributed by atoms with Gasteiger partial charge in [-0.3, -0.25) is 14.4 Å². The van der Waals surface area contributed by atoms with Crippen molar-refractivity contribution in [1.29, 1.82) is 0 Å². The fourth-order valence-electron chi connectivity index (χ4n) is 11.6. The number of ether oxygens (including phenoxy) is 2. The molecule has 0 aromatic heterocycles. The summed E-state index contributed by atoms with van der Waals surface area (Å²) in [4.78, 5) is 39.7. The molecular weight excluding hydrogens is 596 g/mol. The number of Topliss-reactive ketones (excluding diaryl/α,β-unsaturated/α-hetero) is 1. The Hall–Kier alpha value is -2.65. The van der Waals surface area contributed by atoms with Crippen LogP contribution in [0.2, 0.25) is 0 Å². The summed E-state index contributed by atoms with van der Waals surface area (Å²) in [6.45, 7) is 10.3. The Labute approximate surface area is 278 Å². The Morgan fingerprint density at radius 2 is 1.79 bits per heavy atom. The first-order chi connectivity index (χ1) is 22.3. The van der Waals surface area contributed by atoms with Crippen LogP contribution in [-0.4, -0.2) is 58.9 Å². The van der Waals surface area contributed by atoms with Gasteiger partial charge in [0.2, 0.25) is 11.8 Å². The molecule has 258 valence electrons. The Morgan fingerprint density at radius 3 is 2.53 bits per heavy atom. The zero-order valence-corrected chi connectivity index (χ0v) is 28.6. The van der Waals surface area contributed by atoms with Crippen molar-refractivity contribution in [2.24, 2.45) is 52.3 Å². The molecule has 0 bridgehead atoms. The molecule has 12 atom stereocenters. The molecule has 9 heteroatoms. The Morgan fingerprint density at radius 1 is 0.979 bits per heavy atom. The molecule has 0 radical (unpaired) electrons. The predicted octanol–water partition coefficient (Wildman–Crippen LogP) is 5.26. The summed E-state index contributed by atoms with van der Waals surface area (Å²) in [5.41, 5.74) is 0.516. The molecule has 6 fully saturated rings. The lowest BCUT2D eigenvalue weighted by atomic mass is 9.44. The van der Waals surface area contributed by atoms with Crippen molar-refractivity contribution < 1.29 is 34.1 Å². The normalized spacial score (nSPS) is 43.8. The van der Waals surface area contributed by atoms with E-state index in [4.69, 9.17) is 9.47 Å². The number of rotatable bonds is 6. The molecule has 2 saturated heterocycles. The summed E-state index contributed by atoms with van der Waals surface area (Å²) in [7, 11) is 0. The van der Waals surface area contributed by atoms with Gasteiger partial charge >= 0.3 is 0 Å². The summed E-state index contributed by atoms with van der Waals surface area (Å²) < 4.78 is 13.3. The number of carbonyl (C=O) groups excluding carboxylic acids is 3. The number of hydrogen-bond acceptors (Lipinski definition) is 7. The first-order valence-electron chi connectivity index (χ1n) is 18.3. The van der Waals surface area contributed by atoms with Gasteiger partial charge in [0.15, 0.2) is 17.3 Å². The number of fused-ring (bicyclic) bond motifs is 7. The maximum absolute atomic E-state index is 14.4. The molecule has 2 aliphatic heterocycles. The van der Waals surface area contributed by atoms with Gasteiger partial charge in [0, 0.05) is 42.7 Å². The fourth-order valence-corrected chi connectivity index (χ4v) is 11.6. The van der Waals surface area contributed by atoms with Crippen molar-refractivity contribution >= 4 is 17.6 Å². The lowest BCUT2D eigenvalue weighted by Gasteiger charge is -2.60. The standard InChI is InChI=1S/C38H54N2O7/c1-21-9-13-38(46-20-21)22(2)35-31(47-38)17-28-26-7-6-24-16-25(10-12-36(24,3)27(26)18-32(43)37(28,35)4)40-34(45)19-33(44)39-14-11-23-5-8-29(41)30(42)15-23/h5,8,15,21-22,24-28,31,35,41-42H,6-7,9-14,16-20H2,1-4H3,(H,39,44)(H,40,45)/t21-,22+,24+,25?,26-,27+,28+,31+,35+,36+,37-,38-/m1/s1. The van der Waals surface area contributed by atoms with Gasteiger partial charge < -0.3 is 30.3 Å². The number of hydrogen-bond donors (Lipinski definition) is 4. The molecule has 1 unspecified atom stereocenters. The van der Waals surface area contributed by atoms with Crippen LogP contribution in [-0.2, 0) is 30.3 Å². The highest BCUT2D eigenvalue weighted by atomic mass is 16.7. The number of amides is 2. The number of benzene rings is 1. The summed E-state index contributed by atoms with van der Waals surface area (Å²) >= 11 is 0. The van der Waals surface area contributed by atoms with Gasteiger partial charge in [0.25, 0.3) is 0 Å². The van der Waals surface area contributed by atoms with Crippen LogP contribution in [0.15, 0.2) is 18.2 Å². The number of ketones is 1. The SMILES string of the molecule is C[C@@H]1CC[C@@]2(OC1)O[C@H]1C[C@H]3[C@@H]4CC[C@H]5CC(NC(=O)CC(=O)NCCc6ccc(O)c(O)c6)CC[C@]5(C)[C@H]4CC(=O)[C@]3(C)[C@H]1[C@@H]2C. The second-order valence-corrected chi connectivity index (χ2v) is 16.7. The van der Waals surface area contributed by atoms with Crippen LogP contribution in [0.3, 0.4) is 0 Å². The van der Waals surface area contributed by atoms with Crippen molar-refractivity contribution in [3.63, 3.8) is 0 Å². The van der Waals surface area contributed by atoms with E-state index < -0.39 is 5.79 Å². The van der Waals surface area contributed by atoms with Gasteiger partial charge in [0.05, 0.1) is 12.7 Å². The first-order valence-corrected chi connectivity index (χ1v) is 18.3. The van der Waals surface area contributed by atoms with E-state index in [0.717, 1.165) is 63.5 Å². The van der Waals surface area contributed by atoms with Crippen molar-refractivity contribution in [2.45, 2.75) is 116 Å². The molecule has 1 aromatic carbocycles. The van der Waals surface area contributed by atoms with Gasteiger partial charge in [-0.15, -0.1) is 0 Å². The van der Waals surface area contributed by atoms with Gasteiger partial charge in [0.1, 0.15) is 12.2 Å². The minimum atomic E-state index is -0.515. The fraction of sp³-hybridized carbons (Fsp3) is 0.763. The zero-order valence-electron chi connectivity index (χ0n) is 28.6. The van der Waals surface area contributed by atoms with Crippen LogP contribution in [0.1, 0.15) is 97.5 Å². The van der Waals surface area contributed by atoms with E-state index in [-0.39, 0.29) is 64.5 Å². The Bertz CT molecular complexity index is 1410. The third kappa shape index (κ3) is 5.48. The topological polar surface area (TPSA) is 134 Å². The number of carbonyl (C=O) groups is 3. The molecule has 9 nitrogen and oxygen atoms in total. The van der Waals surface area contributed by atoms with Crippen LogP contribution in [0.5, 0.6) is 11.5 Å². The molecule has 2 amide bonds. The highest BCUT2D eigenvalue weighted by Gasteiger charge is 2.71. The maximum atomic E-state index is 14.4. The Kier molecular flexibility index (Phi) is 8.42. The van der Waals surface area contributed by atoms with Crippen molar-refractivity contribution in [2.75, 3.05) is 13.2 Å². The average Bonchev–Trinajstić information content (AvgIpc) is 3.47. The third-order valence-corrected chi connectivity index (χ3v) is 14.3. The molecule has 7 rings (SSSR count). The number of phenolic OH excluding ortho intramolecular Hbond substituents is 2. The minimum Gasteiger partial charge on any atom is -0.504 e. The van der Waals surface area contributed by atoms with Gasteiger partial charge in [-0.25, -0.2) is 0 Å². The van der Waals surface area contributed by atoms with Crippen molar-refractivity contribution in [1.82, 2.24) is 10.6 Å². The lowest BCUT2D eigenvalue weighted by Crippen LogP contribution is -2.59. The second-order valence-electron chi connectivity index (χ2n) is 16.7. The van der Waals surface area contributed by atoms with Crippen LogP contribution in [0, 0.1) is 52.3 Å². The predicted molar refractivity (Wildman–Crippen MR) is 175 cm³/mol. The number of nitrogens with one attached hydrogen (secondary N) is 2. The van der Waals surface area contributed by atoms with E-state index in [1.54, 1.807) is 6.07 Å². The van der Waals surface area contributed by atoms with Gasteiger partial charge in [-0.2, -0.15) is 0 Å². The van der Waals surface area contributed by atoms with E-state index in [9.17, 15) is 24.6 Å². The van der Waals surface area contributed by atoms with Crippen LogP contribution < -0.4 is 10.6 Å². The molecule has 4 N–H and O–H groups in total. The van der Waals surface area contributed by atoms with Crippen LogP contribution >= 0.6 is 0 Å². The van der Waals surface area contributed by atoms with E-state index >= 15 is 0 Å².